The molecule has 4 heteroatoms. The summed E-state index contributed by atoms with van der Waals surface area (Å²) in [7, 11) is 0. The van der Waals surface area contributed by atoms with Crippen molar-refractivity contribution < 1.29 is 6.48 Å². The van der Waals surface area contributed by atoms with Crippen LogP contribution in [0.5, 0.6) is 5.75 Å². The zero-order valence-electron chi connectivity index (χ0n) is 37.1. The highest BCUT2D eigenvalue weighted by atomic mass is 16.3. The summed E-state index contributed by atoms with van der Waals surface area (Å²) in [6.45, 7) is 21.3. The van der Waals surface area contributed by atoms with E-state index in [-0.39, 0.29) is 16.6 Å². The molecule has 0 radical (unpaired) electrons. The molecule has 0 aliphatic carbocycles. The second-order valence-electron chi connectivity index (χ2n) is 18.3. The van der Waals surface area contributed by atoms with Gasteiger partial charge in [-0.05, 0) is 129 Å². The number of aryl methyl sites for hydroxylation is 2. The molecule has 0 fully saturated rings. The molecule has 0 atom stereocenters. The van der Waals surface area contributed by atoms with Crippen LogP contribution >= 0.6 is 0 Å². The zero-order chi connectivity index (χ0) is 42.7. The summed E-state index contributed by atoms with van der Waals surface area (Å²) in [5.74, 6) is 0.0414. The number of aromatic hydroxyl groups is 1. The maximum atomic E-state index is 11.8. The Morgan fingerprint density at radius 1 is 0.593 bits per heavy atom. The third kappa shape index (κ3) is 7.72. The molecule has 0 unspecified atom stereocenters. The van der Waals surface area contributed by atoms with Crippen LogP contribution in [-0.4, -0.2) is 19.6 Å². The van der Waals surface area contributed by atoms with Gasteiger partial charge in [0, 0.05) is 24.3 Å². The number of hydrogen-bond acceptors (Lipinski definition) is 3. The summed E-state index contributed by atoms with van der Waals surface area (Å²) in [5.41, 5.74) is 16.7. The molecule has 0 saturated heterocycles. The molecule has 2 heterocycles. The second kappa shape index (κ2) is 15.2. The van der Waals surface area contributed by atoms with Gasteiger partial charge < -0.3 is 5.11 Å². The van der Waals surface area contributed by atoms with Crippen molar-refractivity contribution in [2.45, 2.75) is 86.0 Å². The number of hydrogen-bond donors (Lipinski definition) is 1. The van der Waals surface area contributed by atoms with E-state index in [1.165, 1.54) is 11.1 Å². The summed E-state index contributed by atoms with van der Waals surface area (Å²) in [6.07, 6.45) is 1.90. The van der Waals surface area contributed by atoms with E-state index < -0.39 is 5.89 Å². The van der Waals surface area contributed by atoms with Crippen LogP contribution in [0.2, 0.25) is 0 Å². The minimum absolute atomic E-state index is 0.00195. The fourth-order valence-electron chi connectivity index (χ4n) is 8.07. The first-order chi connectivity index (χ1) is 28.4. The molecule has 6 aromatic carbocycles. The lowest BCUT2D eigenvalue weighted by atomic mass is 9.83. The van der Waals surface area contributed by atoms with E-state index >= 15 is 0 Å². The summed E-state index contributed by atoms with van der Waals surface area (Å²) < 4.78 is 11.2. The van der Waals surface area contributed by atoms with Gasteiger partial charge in [0.1, 0.15) is 11.6 Å². The Balaban J connectivity index is 1.42. The molecule has 0 saturated carbocycles. The lowest BCUT2D eigenvalue weighted by Gasteiger charge is -2.22. The third-order valence-corrected chi connectivity index (χ3v) is 11.5. The molecule has 0 amide bonds. The molecular weight excluding hydrogens is 719 g/mol. The number of phenolic OH excluding ortho intramolecular Hbond substituents is 1. The Hall–Kier alpha value is -6.26. The molecule has 0 aliphatic heterocycles. The number of rotatable bonds is 7. The molecule has 296 valence electrons. The minimum Gasteiger partial charge on any atom is -0.507 e. The first kappa shape index (κ1) is 38.3. The Bertz CT molecular complexity index is 2880. The smallest absolute Gasteiger partial charge is 0.149 e. The van der Waals surface area contributed by atoms with Crippen LogP contribution in [0, 0.1) is 13.8 Å². The van der Waals surface area contributed by atoms with Gasteiger partial charge in [-0.1, -0.05) is 140 Å². The fourth-order valence-corrected chi connectivity index (χ4v) is 8.07. The van der Waals surface area contributed by atoms with Crippen molar-refractivity contribution in [3.63, 3.8) is 0 Å². The number of nitrogens with zero attached hydrogens (tertiary/aromatic N) is 3. The lowest BCUT2D eigenvalue weighted by Crippen LogP contribution is -2.11. The molecule has 2 aromatic heterocycles. The van der Waals surface area contributed by atoms with Crippen LogP contribution in [-0.2, 0) is 10.8 Å². The van der Waals surface area contributed by atoms with E-state index in [0.717, 1.165) is 78.0 Å². The average molecular weight is 775 g/mol. The highest BCUT2D eigenvalue weighted by molar-refractivity contribution is 5.98. The normalized spacial score (nSPS) is 12.5. The van der Waals surface area contributed by atoms with Crippen LogP contribution in [0.25, 0.3) is 72.7 Å². The summed E-state index contributed by atoms with van der Waals surface area (Å²) in [4.78, 5) is 10.4. The summed E-state index contributed by atoms with van der Waals surface area (Å²) >= 11 is 0. The predicted molar refractivity (Wildman–Crippen MR) is 249 cm³/mol. The first-order valence-electron chi connectivity index (χ1n) is 21.1. The Morgan fingerprint density at radius 2 is 1.31 bits per heavy atom. The number of aromatic nitrogens is 3. The Kier molecular flexibility index (Phi) is 9.83. The highest BCUT2D eigenvalue weighted by Gasteiger charge is 2.25. The van der Waals surface area contributed by atoms with E-state index in [4.69, 9.17) is 11.3 Å². The van der Waals surface area contributed by atoms with Gasteiger partial charge in [0.2, 0.25) is 0 Å². The molecular formula is C55H55N3O. The molecule has 0 aliphatic rings. The maximum Gasteiger partial charge on any atom is 0.149 e. The zero-order valence-corrected chi connectivity index (χ0v) is 36.1. The fraction of sp³-hybridized carbons (Fsp3) is 0.236. The monoisotopic (exact) mass is 774 g/mol. The number of benzene rings is 6. The summed E-state index contributed by atoms with van der Waals surface area (Å²) in [6, 6.07) is 47.0. The van der Waals surface area contributed by atoms with E-state index in [9.17, 15) is 5.11 Å². The highest BCUT2D eigenvalue weighted by Crippen LogP contribution is 2.43. The second-order valence-corrected chi connectivity index (χ2v) is 18.3. The molecule has 0 bridgehead atoms. The Morgan fingerprint density at radius 3 is 2.00 bits per heavy atom. The van der Waals surface area contributed by atoms with Crippen LogP contribution < -0.4 is 0 Å². The third-order valence-electron chi connectivity index (χ3n) is 11.5. The molecule has 0 spiro atoms. The minimum atomic E-state index is -0.817. The van der Waals surface area contributed by atoms with Gasteiger partial charge in [-0.3, -0.25) is 9.55 Å². The van der Waals surface area contributed by atoms with Gasteiger partial charge >= 0.3 is 0 Å². The summed E-state index contributed by atoms with van der Waals surface area (Å²) in [5, 5.41) is 11.8. The van der Waals surface area contributed by atoms with Crippen LogP contribution in [0.3, 0.4) is 0 Å². The van der Waals surface area contributed by atoms with Crippen molar-refractivity contribution in [1.29, 1.82) is 0 Å². The predicted octanol–water partition coefficient (Wildman–Crippen LogP) is 14.8. The largest absolute Gasteiger partial charge is 0.507 e. The lowest BCUT2D eigenvalue weighted by molar-refractivity contribution is 0.472. The number of phenols is 1. The SMILES string of the molecule is [2H]C(C)(C)c1ccc(-n2c(-c3cc(C)cc(C)c3O)nc3c(-c4cc(-c5cc(-c6ccccc6)ccn5)cc(C(C)(C)C)c4)cccc32)c(-c2ccc(C(C)(C)C)cc2)c1. The van der Waals surface area contributed by atoms with Crippen molar-refractivity contribution in [3.8, 4) is 67.5 Å². The molecule has 8 aromatic rings. The van der Waals surface area contributed by atoms with Crippen molar-refractivity contribution in [3.05, 3.63) is 167 Å². The number of pyridine rings is 1. The van der Waals surface area contributed by atoms with Crippen molar-refractivity contribution in [2.24, 2.45) is 0 Å². The standard InChI is InChI=1S/C55H55N3O/c1-34(2)39-21-24-49(46(32-39)38-19-22-43(23-20-38)54(5,6)7)58-50-18-14-17-45(51(50)57-53(58)47-28-35(3)27-36(4)52(47)59)41-29-42(31-44(30-41)55(8,9)10)48-33-40(25-26-56-48)37-15-12-11-13-16-37/h11-34,59H,1-10H3/i34D. The number of imidazole rings is 1. The van der Waals surface area contributed by atoms with E-state index in [2.05, 4.69) is 168 Å². The van der Waals surface area contributed by atoms with Crippen molar-refractivity contribution >= 4 is 11.0 Å². The van der Waals surface area contributed by atoms with Crippen LogP contribution in [0.4, 0.5) is 0 Å². The number of fused-ring (bicyclic) bond motifs is 1. The van der Waals surface area contributed by atoms with E-state index in [1.807, 2.05) is 45.2 Å². The van der Waals surface area contributed by atoms with Crippen molar-refractivity contribution in [2.75, 3.05) is 0 Å². The molecule has 8 rings (SSSR count). The first-order valence-corrected chi connectivity index (χ1v) is 20.6. The van der Waals surface area contributed by atoms with Gasteiger partial charge in [0.25, 0.3) is 0 Å². The van der Waals surface area contributed by atoms with Gasteiger partial charge in [-0.15, -0.1) is 0 Å². The Labute approximate surface area is 351 Å². The maximum absolute atomic E-state index is 11.8. The van der Waals surface area contributed by atoms with Gasteiger partial charge in [0.15, 0.2) is 0 Å². The molecule has 1 N–H and O–H groups in total. The topological polar surface area (TPSA) is 50.9 Å². The number of para-hydroxylation sites is 1. The van der Waals surface area contributed by atoms with Gasteiger partial charge in [0.05, 0.1) is 28.0 Å². The quantitative estimate of drug-likeness (QED) is 0.175. The van der Waals surface area contributed by atoms with Crippen LogP contribution in [0.15, 0.2) is 140 Å². The average Bonchev–Trinajstić information content (AvgIpc) is 3.60. The molecule has 59 heavy (non-hydrogen) atoms. The van der Waals surface area contributed by atoms with E-state index in [1.54, 1.807) is 0 Å². The van der Waals surface area contributed by atoms with E-state index in [0.29, 0.717) is 11.4 Å². The van der Waals surface area contributed by atoms with Gasteiger partial charge in [-0.25, -0.2) is 4.98 Å². The van der Waals surface area contributed by atoms with Crippen LogP contribution in [0.1, 0.15) is 90.5 Å². The van der Waals surface area contributed by atoms with Gasteiger partial charge in [-0.2, -0.15) is 0 Å². The van der Waals surface area contributed by atoms with Crippen molar-refractivity contribution in [1.82, 2.24) is 14.5 Å². The molecule has 4 nitrogen and oxygen atoms in total.